The van der Waals surface area contributed by atoms with Crippen LogP contribution in [0, 0.1) is 17.8 Å². The van der Waals surface area contributed by atoms with Crippen LogP contribution in [0.1, 0.15) is 58.3 Å². The molecular weight excluding hydrogens is 144 g/mol. The summed E-state index contributed by atoms with van der Waals surface area (Å²) in [6.07, 6.45) is 12.2. The second-order valence-electron chi connectivity index (χ2n) is 4.81. The first-order valence-electron chi connectivity index (χ1n) is 5.92. The molecule has 0 radical (unpaired) electrons. The molecule has 0 aliphatic heterocycles. The highest BCUT2D eigenvalue weighted by molar-refractivity contribution is 4.84. The van der Waals surface area contributed by atoms with Crippen molar-refractivity contribution >= 4 is 0 Å². The summed E-state index contributed by atoms with van der Waals surface area (Å²) < 4.78 is 0. The van der Waals surface area contributed by atoms with Gasteiger partial charge >= 0.3 is 0 Å². The molecule has 3 atom stereocenters. The average molecular weight is 166 g/mol. The van der Waals surface area contributed by atoms with Crippen LogP contribution in [0.2, 0.25) is 0 Å². The zero-order valence-corrected chi connectivity index (χ0v) is 8.39. The maximum Gasteiger partial charge on any atom is -0.0358 e. The predicted octanol–water partition coefficient (Wildman–Crippen LogP) is 4.00. The molecule has 2 fully saturated rings. The number of hydrogen-bond acceptors (Lipinski definition) is 0. The Labute approximate surface area is 76.7 Å². The molecule has 70 valence electrons. The van der Waals surface area contributed by atoms with Gasteiger partial charge in [-0.1, -0.05) is 51.9 Å². The van der Waals surface area contributed by atoms with E-state index in [1.165, 1.54) is 32.1 Å². The maximum absolute atomic E-state index is 2.39. The molecule has 0 amide bonds. The second-order valence-corrected chi connectivity index (χ2v) is 4.81. The Morgan fingerprint density at radius 3 is 2.50 bits per heavy atom. The Bertz CT molecular complexity index is 130. The van der Waals surface area contributed by atoms with Gasteiger partial charge in [0.2, 0.25) is 0 Å². The SMILES string of the molecule is CC[C@H]1CCC[C@H]2CCCC[C@@H]21. The van der Waals surface area contributed by atoms with E-state index in [2.05, 4.69) is 6.92 Å². The highest BCUT2D eigenvalue weighted by atomic mass is 14.4. The third kappa shape index (κ3) is 1.53. The standard InChI is InChI=1S/C12H22/c1-2-10-7-5-8-11-6-3-4-9-12(10)11/h10-12H,2-9H2,1H3/t10-,11+,12+/m0/s1. The van der Waals surface area contributed by atoms with Crippen LogP contribution in [0.3, 0.4) is 0 Å². The summed E-state index contributed by atoms with van der Waals surface area (Å²) in [5.41, 5.74) is 0. The molecule has 2 saturated carbocycles. The Kier molecular flexibility index (Phi) is 2.73. The van der Waals surface area contributed by atoms with Gasteiger partial charge in [0.1, 0.15) is 0 Å². The minimum Gasteiger partial charge on any atom is -0.0651 e. The largest absolute Gasteiger partial charge is 0.0651 e. The normalized spacial score (nSPS) is 42.2. The topological polar surface area (TPSA) is 0 Å². The molecule has 0 N–H and O–H groups in total. The van der Waals surface area contributed by atoms with Crippen molar-refractivity contribution in [3.8, 4) is 0 Å². The first kappa shape index (κ1) is 8.59. The van der Waals surface area contributed by atoms with Crippen molar-refractivity contribution in [3.05, 3.63) is 0 Å². The van der Waals surface area contributed by atoms with E-state index >= 15 is 0 Å². The predicted molar refractivity (Wildman–Crippen MR) is 53.1 cm³/mol. The molecule has 0 saturated heterocycles. The van der Waals surface area contributed by atoms with Crippen LogP contribution < -0.4 is 0 Å². The monoisotopic (exact) mass is 166 g/mol. The van der Waals surface area contributed by atoms with Gasteiger partial charge in [0.25, 0.3) is 0 Å². The van der Waals surface area contributed by atoms with Crippen molar-refractivity contribution < 1.29 is 0 Å². The minimum absolute atomic E-state index is 1.10. The van der Waals surface area contributed by atoms with Crippen molar-refractivity contribution in [2.24, 2.45) is 17.8 Å². The van der Waals surface area contributed by atoms with Crippen molar-refractivity contribution in [1.29, 1.82) is 0 Å². The molecule has 0 spiro atoms. The lowest BCUT2D eigenvalue weighted by Gasteiger charge is -2.41. The van der Waals surface area contributed by atoms with E-state index in [9.17, 15) is 0 Å². The van der Waals surface area contributed by atoms with Crippen LogP contribution in [0.25, 0.3) is 0 Å². The molecule has 2 aliphatic rings. The van der Waals surface area contributed by atoms with Crippen molar-refractivity contribution in [3.63, 3.8) is 0 Å². The molecule has 0 aromatic heterocycles. The highest BCUT2D eigenvalue weighted by Gasteiger charge is 2.33. The van der Waals surface area contributed by atoms with E-state index in [4.69, 9.17) is 0 Å². The Hall–Kier alpha value is 0. The first-order valence-corrected chi connectivity index (χ1v) is 5.92. The summed E-state index contributed by atoms with van der Waals surface area (Å²) in [4.78, 5) is 0. The van der Waals surface area contributed by atoms with Crippen LogP contribution >= 0.6 is 0 Å². The third-order valence-corrected chi connectivity index (χ3v) is 4.25. The third-order valence-electron chi connectivity index (χ3n) is 4.25. The van der Waals surface area contributed by atoms with E-state index in [0.717, 1.165) is 17.8 Å². The molecule has 0 nitrogen and oxygen atoms in total. The summed E-state index contributed by atoms with van der Waals surface area (Å²) in [6, 6.07) is 0. The van der Waals surface area contributed by atoms with Crippen molar-refractivity contribution in [1.82, 2.24) is 0 Å². The van der Waals surface area contributed by atoms with Crippen LogP contribution in [-0.2, 0) is 0 Å². The van der Waals surface area contributed by atoms with Crippen LogP contribution in [0.4, 0.5) is 0 Å². The molecule has 12 heavy (non-hydrogen) atoms. The van der Waals surface area contributed by atoms with E-state index in [0.29, 0.717) is 0 Å². The molecule has 2 rings (SSSR count). The highest BCUT2D eigenvalue weighted by Crippen LogP contribution is 2.44. The van der Waals surface area contributed by atoms with E-state index in [1.807, 2.05) is 0 Å². The fraction of sp³-hybridized carbons (Fsp3) is 1.00. The van der Waals surface area contributed by atoms with Gasteiger partial charge in [-0.15, -0.1) is 0 Å². The quantitative estimate of drug-likeness (QED) is 0.552. The van der Waals surface area contributed by atoms with Crippen LogP contribution in [-0.4, -0.2) is 0 Å². The second kappa shape index (κ2) is 3.81. The molecule has 0 aromatic carbocycles. The lowest BCUT2D eigenvalue weighted by Crippen LogP contribution is -2.30. The fourth-order valence-corrected chi connectivity index (χ4v) is 3.58. The van der Waals surface area contributed by atoms with E-state index in [-0.39, 0.29) is 0 Å². The number of rotatable bonds is 1. The van der Waals surface area contributed by atoms with Crippen molar-refractivity contribution in [2.75, 3.05) is 0 Å². The molecule has 0 aromatic rings. The smallest absolute Gasteiger partial charge is 0.0358 e. The molecular formula is C12H22. The lowest BCUT2D eigenvalue weighted by molar-refractivity contribution is 0.101. The summed E-state index contributed by atoms with van der Waals surface area (Å²) in [5.74, 6) is 3.37. The molecule has 0 heteroatoms. The lowest BCUT2D eigenvalue weighted by atomic mass is 9.65. The number of fused-ring (bicyclic) bond motifs is 1. The zero-order valence-electron chi connectivity index (χ0n) is 8.39. The summed E-state index contributed by atoms with van der Waals surface area (Å²) in [5, 5.41) is 0. The molecule has 2 aliphatic carbocycles. The minimum atomic E-state index is 1.10. The van der Waals surface area contributed by atoms with Gasteiger partial charge in [-0.2, -0.15) is 0 Å². The molecule has 0 bridgehead atoms. The van der Waals surface area contributed by atoms with Crippen LogP contribution in [0.5, 0.6) is 0 Å². The zero-order chi connectivity index (χ0) is 8.39. The van der Waals surface area contributed by atoms with Crippen molar-refractivity contribution in [2.45, 2.75) is 58.3 Å². The molecule has 0 heterocycles. The number of hydrogen-bond donors (Lipinski definition) is 0. The van der Waals surface area contributed by atoms with Gasteiger partial charge < -0.3 is 0 Å². The Morgan fingerprint density at radius 1 is 0.917 bits per heavy atom. The summed E-state index contributed by atoms with van der Waals surface area (Å²) in [6.45, 7) is 2.39. The van der Waals surface area contributed by atoms with Gasteiger partial charge in [-0.05, 0) is 24.2 Å². The Morgan fingerprint density at radius 2 is 1.67 bits per heavy atom. The van der Waals surface area contributed by atoms with Gasteiger partial charge in [0.15, 0.2) is 0 Å². The first-order chi connectivity index (χ1) is 5.92. The summed E-state index contributed by atoms with van der Waals surface area (Å²) >= 11 is 0. The van der Waals surface area contributed by atoms with Crippen LogP contribution in [0.15, 0.2) is 0 Å². The fourth-order valence-electron chi connectivity index (χ4n) is 3.58. The van der Waals surface area contributed by atoms with Gasteiger partial charge in [-0.3, -0.25) is 0 Å². The van der Waals surface area contributed by atoms with Gasteiger partial charge in [-0.25, -0.2) is 0 Å². The summed E-state index contributed by atoms with van der Waals surface area (Å²) in [7, 11) is 0. The Balaban J connectivity index is 1.99. The average Bonchev–Trinajstić information content (AvgIpc) is 2.17. The van der Waals surface area contributed by atoms with E-state index < -0.39 is 0 Å². The van der Waals surface area contributed by atoms with Gasteiger partial charge in [0.05, 0.1) is 0 Å². The molecule has 0 unspecified atom stereocenters. The van der Waals surface area contributed by atoms with E-state index in [1.54, 1.807) is 19.3 Å². The van der Waals surface area contributed by atoms with Gasteiger partial charge in [0, 0.05) is 0 Å². The maximum atomic E-state index is 2.39.